The van der Waals surface area contributed by atoms with Gasteiger partial charge < -0.3 is 0 Å². The number of hydrazine groups is 1. The number of nitro benzene ring substituents is 1. The summed E-state index contributed by atoms with van der Waals surface area (Å²) in [6.45, 7) is 0. The zero-order chi connectivity index (χ0) is 11.3. The van der Waals surface area contributed by atoms with Gasteiger partial charge in [-0.05, 0) is 12.1 Å². The summed E-state index contributed by atoms with van der Waals surface area (Å²) in [6.07, 6.45) is 1.72. The van der Waals surface area contributed by atoms with Crippen molar-refractivity contribution in [2.75, 3.05) is 19.5 Å². The summed E-state index contributed by atoms with van der Waals surface area (Å²) < 4.78 is 1.83. The van der Waals surface area contributed by atoms with E-state index < -0.39 is 4.92 Å². The molecular formula is C9H13N4O2+. The summed E-state index contributed by atoms with van der Waals surface area (Å²) in [7, 11) is 3.76. The van der Waals surface area contributed by atoms with Gasteiger partial charge in [0.05, 0.1) is 24.7 Å². The van der Waals surface area contributed by atoms with Gasteiger partial charge in [-0.2, -0.15) is 5.43 Å². The number of rotatable bonds is 4. The molecule has 0 saturated carbocycles. The average molecular weight is 209 g/mol. The fraction of sp³-hybridized carbons (Fsp3) is 0.222. The van der Waals surface area contributed by atoms with Gasteiger partial charge in [-0.1, -0.05) is 0 Å². The van der Waals surface area contributed by atoms with Gasteiger partial charge in [0.15, 0.2) is 0 Å². The van der Waals surface area contributed by atoms with E-state index >= 15 is 0 Å². The van der Waals surface area contributed by atoms with Crippen LogP contribution >= 0.6 is 0 Å². The van der Waals surface area contributed by atoms with Crippen molar-refractivity contribution in [3.8, 4) is 0 Å². The summed E-state index contributed by atoms with van der Waals surface area (Å²) in [5.74, 6) is 0. The normalized spacial score (nSPS) is 9.20. The van der Waals surface area contributed by atoms with Crippen LogP contribution in [-0.2, 0) is 0 Å². The number of anilines is 1. The van der Waals surface area contributed by atoms with Gasteiger partial charge in [0.25, 0.3) is 12.0 Å². The summed E-state index contributed by atoms with van der Waals surface area (Å²) >= 11 is 0. The van der Waals surface area contributed by atoms with Crippen LogP contribution < -0.4 is 10.9 Å². The predicted octanol–water partition coefficient (Wildman–Crippen LogP) is 0.812. The standard InChI is InChI=1S/C9H12N4O2/c1-12(2)7-10-11-8-3-5-9(6-4-8)13(14)15/h3-7,11H,1-2H3/p+1. The summed E-state index contributed by atoms with van der Waals surface area (Å²) in [5, 5.41) is 10.4. The molecule has 0 amide bonds. The monoisotopic (exact) mass is 209 g/mol. The minimum absolute atomic E-state index is 0.0807. The van der Waals surface area contributed by atoms with E-state index in [2.05, 4.69) is 10.9 Å². The lowest BCUT2D eigenvalue weighted by Crippen LogP contribution is -2.23. The highest BCUT2D eigenvalue weighted by molar-refractivity contribution is 5.55. The molecule has 0 atom stereocenters. The maximum absolute atomic E-state index is 10.4. The largest absolute Gasteiger partial charge is 0.272 e. The molecule has 0 fully saturated rings. The van der Waals surface area contributed by atoms with E-state index in [-0.39, 0.29) is 5.69 Å². The van der Waals surface area contributed by atoms with E-state index in [4.69, 9.17) is 0 Å². The number of nitrogens with one attached hydrogen (secondary N) is 2. The van der Waals surface area contributed by atoms with Crippen molar-refractivity contribution in [3.05, 3.63) is 34.4 Å². The molecule has 0 aliphatic heterocycles. The molecule has 1 aromatic carbocycles. The van der Waals surface area contributed by atoms with Gasteiger partial charge in [-0.15, -0.1) is 0 Å². The molecule has 2 N–H and O–H groups in total. The Bertz CT molecular complexity index is 368. The molecule has 6 heteroatoms. The number of hydrogen-bond donors (Lipinski definition) is 2. The molecule has 0 spiro atoms. The van der Waals surface area contributed by atoms with Crippen molar-refractivity contribution in [2.24, 2.45) is 0 Å². The van der Waals surface area contributed by atoms with Crippen molar-refractivity contribution < 1.29 is 9.50 Å². The van der Waals surface area contributed by atoms with Crippen molar-refractivity contribution in [1.82, 2.24) is 5.43 Å². The number of benzene rings is 1. The molecule has 80 valence electrons. The van der Waals surface area contributed by atoms with Gasteiger partial charge in [-0.3, -0.25) is 14.7 Å². The molecule has 0 saturated heterocycles. The molecule has 0 aromatic heterocycles. The SMILES string of the molecule is C[N+](C)=CNNc1ccc([N+](=O)[O-])cc1. The quantitative estimate of drug-likeness (QED) is 0.253. The maximum atomic E-state index is 10.4. The Hall–Kier alpha value is -2.11. The van der Waals surface area contributed by atoms with Gasteiger partial charge in [0.1, 0.15) is 0 Å². The Labute approximate surface area is 87.4 Å². The third kappa shape index (κ3) is 3.63. The summed E-state index contributed by atoms with van der Waals surface area (Å²) in [6, 6.07) is 6.16. The minimum atomic E-state index is -0.427. The maximum Gasteiger partial charge on any atom is 0.269 e. The zero-order valence-electron chi connectivity index (χ0n) is 8.60. The van der Waals surface area contributed by atoms with Crippen LogP contribution in [0.1, 0.15) is 0 Å². The van der Waals surface area contributed by atoms with Gasteiger partial charge >= 0.3 is 0 Å². The second-order valence-electron chi connectivity index (χ2n) is 3.17. The number of non-ortho nitro benzene ring substituents is 1. The first-order chi connectivity index (χ1) is 7.09. The predicted molar refractivity (Wildman–Crippen MR) is 58.0 cm³/mol. The molecule has 0 radical (unpaired) electrons. The Morgan fingerprint density at radius 2 is 1.87 bits per heavy atom. The van der Waals surface area contributed by atoms with Crippen molar-refractivity contribution in [2.45, 2.75) is 0 Å². The van der Waals surface area contributed by atoms with Crippen LogP contribution in [0.2, 0.25) is 0 Å². The highest BCUT2D eigenvalue weighted by Crippen LogP contribution is 2.14. The molecular weight excluding hydrogens is 196 g/mol. The molecule has 0 heterocycles. The number of hydrogen-bond acceptors (Lipinski definition) is 3. The van der Waals surface area contributed by atoms with Gasteiger partial charge in [-0.25, -0.2) is 5.43 Å². The Balaban J connectivity index is 2.57. The summed E-state index contributed by atoms with van der Waals surface area (Å²) in [4.78, 5) is 9.94. The second-order valence-corrected chi connectivity index (χ2v) is 3.17. The zero-order valence-corrected chi connectivity index (χ0v) is 8.60. The van der Waals surface area contributed by atoms with Crippen molar-refractivity contribution in [1.29, 1.82) is 0 Å². The van der Waals surface area contributed by atoms with Crippen molar-refractivity contribution in [3.63, 3.8) is 0 Å². The molecule has 0 bridgehead atoms. The van der Waals surface area contributed by atoms with Crippen LogP contribution in [0.15, 0.2) is 24.3 Å². The van der Waals surface area contributed by atoms with Crippen LogP contribution in [0.5, 0.6) is 0 Å². The van der Waals surface area contributed by atoms with E-state index in [9.17, 15) is 10.1 Å². The average Bonchev–Trinajstić information content (AvgIpc) is 2.18. The van der Waals surface area contributed by atoms with E-state index in [1.165, 1.54) is 12.1 Å². The highest BCUT2D eigenvalue weighted by Gasteiger charge is 2.03. The lowest BCUT2D eigenvalue weighted by molar-refractivity contribution is -0.461. The Kier molecular flexibility index (Phi) is 3.61. The fourth-order valence-corrected chi connectivity index (χ4v) is 0.911. The van der Waals surface area contributed by atoms with Crippen molar-refractivity contribution >= 4 is 17.7 Å². The Morgan fingerprint density at radius 1 is 1.27 bits per heavy atom. The van der Waals surface area contributed by atoms with Gasteiger partial charge in [0.2, 0.25) is 0 Å². The topological polar surface area (TPSA) is 70.2 Å². The lowest BCUT2D eigenvalue weighted by atomic mass is 10.3. The molecule has 6 nitrogen and oxygen atoms in total. The smallest absolute Gasteiger partial charge is 0.269 e. The first-order valence-corrected chi connectivity index (χ1v) is 4.35. The number of nitro groups is 1. The van der Waals surface area contributed by atoms with Crippen LogP contribution in [0.25, 0.3) is 0 Å². The minimum Gasteiger partial charge on any atom is -0.272 e. The molecule has 1 aromatic rings. The van der Waals surface area contributed by atoms with Crippen LogP contribution in [0.4, 0.5) is 11.4 Å². The third-order valence-corrected chi connectivity index (χ3v) is 1.62. The first kappa shape index (κ1) is 11.0. The molecule has 0 aliphatic carbocycles. The van der Waals surface area contributed by atoms with E-state index in [0.29, 0.717) is 0 Å². The highest BCUT2D eigenvalue weighted by atomic mass is 16.6. The van der Waals surface area contributed by atoms with E-state index in [1.807, 2.05) is 18.7 Å². The van der Waals surface area contributed by atoms with Crippen LogP contribution in [0.3, 0.4) is 0 Å². The molecule has 1 rings (SSSR count). The van der Waals surface area contributed by atoms with Crippen LogP contribution in [0, 0.1) is 10.1 Å². The third-order valence-electron chi connectivity index (χ3n) is 1.62. The second kappa shape index (κ2) is 4.94. The van der Waals surface area contributed by atoms with E-state index in [0.717, 1.165) is 5.69 Å². The summed E-state index contributed by atoms with van der Waals surface area (Å²) in [5.41, 5.74) is 6.55. The molecule has 0 aliphatic rings. The number of nitrogens with zero attached hydrogens (tertiary/aromatic N) is 2. The first-order valence-electron chi connectivity index (χ1n) is 4.35. The Morgan fingerprint density at radius 3 is 2.33 bits per heavy atom. The molecule has 15 heavy (non-hydrogen) atoms. The lowest BCUT2D eigenvalue weighted by Gasteiger charge is -1.99. The van der Waals surface area contributed by atoms with E-state index in [1.54, 1.807) is 18.5 Å². The van der Waals surface area contributed by atoms with Gasteiger partial charge in [0, 0.05) is 12.1 Å². The molecule has 0 unspecified atom stereocenters. The fourth-order valence-electron chi connectivity index (χ4n) is 0.911. The van der Waals surface area contributed by atoms with Crippen LogP contribution in [-0.4, -0.2) is 29.9 Å².